The Kier molecular flexibility index (Phi) is 6.10. The lowest BCUT2D eigenvalue weighted by Gasteiger charge is -2.03. The van der Waals surface area contributed by atoms with Gasteiger partial charge in [-0.3, -0.25) is 14.9 Å². The van der Waals surface area contributed by atoms with Crippen LogP contribution in [0.25, 0.3) is 0 Å². The van der Waals surface area contributed by atoms with Crippen LogP contribution in [0.1, 0.15) is 12.5 Å². The van der Waals surface area contributed by atoms with Crippen molar-refractivity contribution in [2.45, 2.75) is 13.3 Å². The van der Waals surface area contributed by atoms with E-state index in [9.17, 15) is 14.9 Å². The molecule has 6 heteroatoms. The molecule has 1 rings (SSSR count). The molecule has 5 nitrogen and oxygen atoms in total. The molecule has 0 aliphatic carbocycles. The molecular weight excluding hydrogens is 232 g/mol. The van der Waals surface area contributed by atoms with Gasteiger partial charge in [0, 0.05) is 25.1 Å². The number of nitro groups is 1. The molecule has 0 atom stereocenters. The van der Waals surface area contributed by atoms with Gasteiger partial charge in [-0.05, 0) is 6.42 Å². The quantitative estimate of drug-likeness (QED) is 0.647. The zero-order chi connectivity index (χ0) is 11.3. The maximum atomic E-state index is 10.6. The first-order valence-electron chi connectivity index (χ1n) is 4.58. The fourth-order valence-corrected chi connectivity index (χ4v) is 1.27. The Morgan fingerprint density at radius 1 is 1.44 bits per heavy atom. The smallest absolute Gasteiger partial charge is 0.272 e. The number of nitrogens with zero attached hydrogens (tertiary/aromatic N) is 1. The van der Waals surface area contributed by atoms with Crippen LogP contribution in [0.15, 0.2) is 24.3 Å². The lowest BCUT2D eigenvalue weighted by molar-refractivity contribution is -0.385. The number of hydrogen-bond acceptors (Lipinski definition) is 3. The van der Waals surface area contributed by atoms with E-state index in [4.69, 9.17) is 0 Å². The van der Waals surface area contributed by atoms with E-state index in [1.54, 1.807) is 18.2 Å². The highest BCUT2D eigenvalue weighted by Crippen LogP contribution is 2.17. The third-order valence-corrected chi connectivity index (χ3v) is 1.96. The van der Waals surface area contributed by atoms with Crippen molar-refractivity contribution < 1.29 is 9.72 Å². The summed E-state index contributed by atoms with van der Waals surface area (Å²) in [7, 11) is 0. The SMILES string of the molecule is CC(=O)NCCc1ccccc1[N+](=O)[O-].Cl. The van der Waals surface area contributed by atoms with Crippen molar-refractivity contribution in [3.63, 3.8) is 0 Å². The monoisotopic (exact) mass is 244 g/mol. The standard InChI is InChI=1S/C10H12N2O3.ClH/c1-8(13)11-7-6-9-4-2-3-5-10(9)12(14)15;/h2-5H,6-7H2,1H3,(H,11,13);1H. The van der Waals surface area contributed by atoms with Gasteiger partial charge < -0.3 is 5.32 Å². The topological polar surface area (TPSA) is 72.2 Å². The highest BCUT2D eigenvalue weighted by Gasteiger charge is 2.11. The van der Waals surface area contributed by atoms with Gasteiger partial charge in [-0.1, -0.05) is 18.2 Å². The van der Waals surface area contributed by atoms with Crippen LogP contribution in [-0.4, -0.2) is 17.4 Å². The van der Waals surface area contributed by atoms with E-state index in [1.165, 1.54) is 13.0 Å². The van der Waals surface area contributed by atoms with Crippen LogP contribution in [0, 0.1) is 10.1 Å². The first-order chi connectivity index (χ1) is 7.11. The van der Waals surface area contributed by atoms with Crippen molar-refractivity contribution >= 4 is 24.0 Å². The highest BCUT2D eigenvalue weighted by molar-refractivity contribution is 5.85. The van der Waals surface area contributed by atoms with Crippen LogP contribution in [-0.2, 0) is 11.2 Å². The molecule has 0 aliphatic rings. The second-order valence-corrected chi connectivity index (χ2v) is 3.12. The predicted octanol–water partition coefficient (Wildman–Crippen LogP) is 1.70. The molecule has 0 heterocycles. The molecule has 0 radical (unpaired) electrons. The number of nitro benzene ring substituents is 1. The Balaban J connectivity index is 0.00000225. The minimum Gasteiger partial charge on any atom is -0.356 e. The molecule has 1 N–H and O–H groups in total. The molecule has 1 amide bonds. The minimum atomic E-state index is -0.414. The van der Waals surface area contributed by atoms with Crippen molar-refractivity contribution in [1.29, 1.82) is 0 Å². The van der Waals surface area contributed by atoms with Gasteiger partial charge in [-0.15, -0.1) is 12.4 Å². The van der Waals surface area contributed by atoms with E-state index in [-0.39, 0.29) is 24.0 Å². The molecule has 0 fully saturated rings. The van der Waals surface area contributed by atoms with Crippen LogP contribution in [0.5, 0.6) is 0 Å². The predicted molar refractivity (Wildman–Crippen MR) is 62.7 cm³/mol. The number of carbonyl (C=O) groups excluding carboxylic acids is 1. The number of nitrogens with one attached hydrogen (secondary N) is 1. The normalized spacial score (nSPS) is 9.06. The molecule has 0 bridgehead atoms. The van der Waals surface area contributed by atoms with Crippen molar-refractivity contribution in [3.8, 4) is 0 Å². The summed E-state index contributed by atoms with van der Waals surface area (Å²) in [6, 6.07) is 6.53. The largest absolute Gasteiger partial charge is 0.356 e. The van der Waals surface area contributed by atoms with Crippen LogP contribution in [0.2, 0.25) is 0 Å². The molecule has 0 saturated carbocycles. The number of benzene rings is 1. The molecule has 0 saturated heterocycles. The van der Waals surface area contributed by atoms with Gasteiger partial charge in [0.15, 0.2) is 0 Å². The molecular formula is C10H13ClN2O3. The number of hydrogen-bond donors (Lipinski definition) is 1. The van der Waals surface area contributed by atoms with E-state index in [2.05, 4.69) is 5.32 Å². The van der Waals surface area contributed by atoms with E-state index in [0.29, 0.717) is 18.5 Å². The summed E-state index contributed by atoms with van der Waals surface area (Å²) in [5.74, 6) is -0.131. The first-order valence-corrected chi connectivity index (χ1v) is 4.58. The summed E-state index contributed by atoms with van der Waals surface area (Å²) < 4.78 is 0. The zero-order valence-corrected chi connectivity index (χ0v) is 9.62. The fourth-order valence-electron chi connectivity index (χ4n) is 1.27. The summed E-state index contributed by atoms with van der Waals surface area (Å²) in [5.41, 5.74) is 0.735. The molecule has 0 spiro atoms. The summed E-state index contributed by atoms with van der Waals surface area (Å²) in [5, 5.41) is 13.2. The third-order valence-electron chi connectivity index (χ3n) is 1.96. The number of halogens is 1. The average molecular weight is 245 g/mol. The van der Waals surface area contributed by atoms with Gasteiger partial charge in [0.05, 0.1) is 4.92 Å². The molecule has 1 aromatic carbocycles. The van der Waals surface area contributed by atoms with Gasteiger partial charge in [-0.25, -0.2) is 0 Å². The Morgan fingerprint density at radius 3 is 2.62 bits per heavy atom. The average Bonchev–Trinajstić information content (AvgIpc) is 2.17. The van der Waals surface area contributed by atoms with Crippen molar-refractivity contribution in [2.75, 3.05) is 6.54 Å². The Labute approximate surface area is 99.4 Å². The van der Waals surface area contributed by atoms with Gasteiger partial charge in [0.1, 0.15) is 0 Å². The molecule has 0 aromatic heterocycles. The molecule has 0 unspecified atom stereocenters. The van der Waals surface area contributed by atoms with Gasteiger partial charge in [-0.2, -0.15) is 0 Å². The first kappa shape index (κ1) is 14.4. The third kappa shape index (κ3) is 4.27. The van der Waals surface area contributed by atoms with Crippen LogP contribution in [0.3, 0.4) is 0 Å². The minimum absolute atomic E-state index is 0. The second-order valence-electron chi connectivity index (χ2n) is 3.12. The molecule has 0 aliphatic heterocycles. The number of amides is 1. The summed E-state index contributed by atoms with van der Waals surface area (Å²) >= 11 is 0. The number of carbonyl (C=O) groups is 1. The highest BCUT2D eigenvalue weighted by atomic mass is 35.5. The van der Waals surface area contributed by atoms with E-state index < -0.39 is 4.92 Å². The van der Waals surface area contributed by atoms with E-state index in [0.717, 1.165) is 0 Å². The van der Waals surface area contributed by atoms with E-state index in [1.807, 2.05) is 0 Å². The zero-order valence-electron chi connectivity index (χ0n) is 8.80. The van der Waals surface area contributed by atoms with Crippen molar-refractivity contribution in [2.24, 2.45) is 0 Å². The Bertz CT molecular complexity index is 382. The Morgan fingerprint density at radius 2 is 2.06 bits per heavy atom. The van der Waals surface area contributed by atoms with Gasteiger partial charge in [0.25, 0.3) is 5.69 Å². The van der Waals surface area contributed by atoms with Crippen LogP contribution >= 0.6 is 12.4 Å². The fraction of sp³-hybridized carbons (Fsp3) is 0.300. The van der Waals surface area contributed by atoms with Crippen molar-refractivity contribution in [1.82, 2.24) is 5.32 Å². The van der Waals surface area contributed by atoms with Gasteiger partial charge in [0.2, 0.25) is 5.91 Å². The molecule has 1 aromatic rings. The summed E-state index contributed by atoms with van der Waals surface area (Å²) in [6.07, 6.45) is 0.469. The van der Waals surface area contributed by atoms with Gasteiger partial charge >= 0.3 is 0 Å². The van der Waals surface area contributed by atoms with Crippen LogP contribution in [0.4, 0.5) is 5.69 Å². The second kappa shape index (κ2) is 6.79. The van der Waals surface area contributed by atoms with Crippen molar-refractivity contribution in [3.05, 3.63) is 39.9 Å². The number of para-hydroxylation sites is 1. The lowest BCUT2D eigenvalue weighted by Crippen LogP contribution is -2.22. The summed E-state index contributed by atoms with van der Waals surface area (Å²) in [6.45, 7) is 1.83. The van der Waals surface area contributed by atoms with Crippen LogP contribution < -0.4 is 5.32 Å². The maximum absolute atomic E-state index is 10.6. The number of rotatable bonds is 4. The van der Waals surface area contributed by atoms with E-state index >= 15 is 0 Å². The Hall–Kier alpha value is -1.62. The summed E-state index contributed by atoms with van der Waals surface area (Å²) in [4.78, 5) is 20.8. The maximum Gasteiger partial charge on any atom is 0.272 e. The lowest BCUT2D eigenvalue weighted by atomic mass is 10.1. The molecule has 16 heavy (non-hydrogen) atoms. The molecule has 88 valence electrons.